The number of ether oxygens (including phenoxy) is 1. The van der Waals surface area contributed by atoms with E-state index < -0.39 is 15.9 Å². The molecule has 13 heteroatoms. The third kappa shape index (κ3) is 4.92. The van der Waals surface area contributed by atoms with Gasteiger partial charge in [0.1, 0.15) is 22.6 Å². The second-order valence-electron chi connectivity index (χ2n) is 6.74. The number of hydrogen-bond donors (Lipinski definition) is 0. The number of anilines is 1. The van der Waals surface area contributed by atoms with Crippen molar-refractivity contribution >= 4 is 52.0 Å². The molecule has 1 aromatic carbocycles. The van der Waals surface area contributed by atoms with Crippen LogP contribution in [0.25, 0.3) is 11.0 Å². The van der Waals surface area contributed by atoms with Gasteiger partial charge in [0, 0.05) is 32.4 Å². The lowest BCUT2D eigenvalue weighted by molar-refractivity contribution is -0.0892. The Balaban J connectivity index is 1.46. The lowest BCUT2D eigenvalue weighted by Crippen LogP contribution is -2.48. The number of sulfonamides is 1. The smallest absolute Gasteiger partial charge is 0.408 e. The highest BCUT2D eigenvalue weighted by Crippen LogP contribution is 2.29. The fourth-order valence-electron chi connectivity index (χ4n) is 3.19. The van der Waals surface area contributed by atoms with Gasteiger partial charge < -0.3 is 9.64 Å². The highest BCUT2D eigenvalue weighted by molar-refractivity contribution is 9.10. The molecule has 1 saturated heterocycles. The van der Waals surface area contributed by atoms with Crippen LogP contribution in [0.1, 0.15) is 0 Å². The molecule has 0 bridgehead atoms. The van der Waals surface area contributed by atoms with Gasteiger partial charge in [-0.3, -0.25) is 4.98 Å². The maximum atomic E-state index is 12.9. The zero-order valence-electron chi connectivity index (χ0n) is 16.0. The van der Waals surface area contributed by atoms with Gasteiger partial charge in [-0.2, -0.15) is 13.1 Å². The molecule has 0 saturated carbocycles. The minimum atomic E-state index is -3.76. The molecule has 0 amide bonds. The van der Waals surface area contributed by atoms with E-state index in [0.29, 0.717) is 29.9 Å². The molecule has 3 heterocycles. The Morgan fingerprint density at radius 1 is 1.06 bits per heavy atom. The molecule has 0 N–H and O–H groups in total. The van der Waals surface area contributed by atoms with E-state index in [2.05, 4.69) is 35.6 Å². The molecule has 31 heavy (non-hydrogen) atoms. The predicted molar refractivity (Wildman–Crippen MR) is 118 cm³/mol. The van der Waals surface area contributed by atoms with Crippen LogP contribution in [-0.4, -0.2) is 59.7 Å². The van der Waals surface area contributed by atoms with Crippen LogP contribution in [0.2, 0.25) is 0 Å². The average Bonchev–Trinajstić information content (AvgIpc) is 2.73. The van der Waals surface area contributed by atoms with E-state index in [-0.39, 0.29) is 23.7 Å². The van der Waals surface area contributed by atoms with Crippen LogP contribution in [-0.2, 0) is 10.0 Å². The van der Waals surface area contributed by atoms with E-state index in [0.717, 1.165) is 4.47 Å². The molecule has 1 aliphatic heterocycles. The molecular formula is C18H17BrF2N5O3PS. The van der Waals surface area contributed by atoms with Crippen LogP contribution in [0, 0.1) is 0 Å². The van der Waals surface area contributed by atoms with Crippen molar-refractivity contribution in [3.63, 3.8) is 0 Å². The van der Waals surface area contributed by atoms with Gasteiger partial charge in [0.25, 0.3) is 0 Å². The second-order valence-corrected chi connectivity index (χ2v) is 10.2. The summed E-state index contributed by atoms with van der Waals surface area (Å²) in [5, 5.41) is 0. The minimum absolute atomic E-state index is 0.0160. The number of piperazine rings is 1. The number of benzene rings is 1. The molecule has 8 nitrogen and oxygen atoms in total. The van der Waals surface area contributed by atoms with Gasteiger partial charge >= 0.3 is 5.85 Å². The zero-order chi connectivity index (χ0) is 22.2. The van der Waals surface area contributed by atoms with Crippen molar-refractivity contribution in [3.05, 3.63) is 47.3 Å². The highest BCUT2D eigenvalue weighted by Gasteiger charge is 2.30. The van der Waals surface area contributed by atoms with Gasteiger partial charge in [0.05, 0.1) is 21.8 Å². The number of hydrogen-bond acceptors (Lipinski definition) is 7. The maximum Gasteiger partial charge on any atom is 0.408 e. The highest BCUT2D eigenvalue weighted by atomic mass is 79.9. The summed E-state index contributed by atoms with van der Waals surface area (Å²) in [4.78, 5) is 15.0. The topological polar surface area (TPSA) is 88.5 Å². The van der Waals surface area contributed by atoms with Crippen molar-refractivity contribution in [2.24, 2.45) is 0 Å². The molecule has 164 valence electrons. The van der Waals surface area contributed by atoms with Gasteiger partial charge in [0.15, 0.2) is 0 Å². The zero-order valence-corrected chi connectivity index (χ0v) is 19.5. The molecule has 0 radical (unpaired) electrons. The minimum Gasteiger partial charge on any atom is -0.430 e. The Bertz CT molecular complexity index is 1200. The number of fused-ring (bicyclic) bond motifs is 1. The van der Waals surface area contributed by atoms with Crippen molar-refractivity contribution in [2.45, 2.75) is 10.7 Å². The van der Waals surface area contributed by atoms with E-state index in [9.17, 15) is 17.2 Å². The number of pyridine rings is 1. The first-order valence-corrected chi connectivity index (χ1v) is 11.9. The number of nitrogens with zero attached hydrogens (tertiary/aromatic N) is 5. The first-order valence-electron chi connectivity index (χ1n) is 9.11. The third-order valence-electron chi connectivity index (χ3n) is 4.68. The first-order chi connectivity index (χ1) is 14.6. The number of rotatable bonds is 5. The lowest BCUT2D eigenvalue weighted by atomic mass is 10.3. The summed E-state index contributed by atoms with van der Waals surface area (Å²) in [6, 6.07) is 4.93. The maximum absolute atomic E-state index is 12.9. The van der Waals surface area contributed by atoms with E-state index in [1.54, 1.807) is 18.6 Å². The molecule has 0 spiro atoms. The van der Waals surface area contributed by atoms with Crippen molar-refractivity contribution in [1.29, 1.82) is 0 Å². The molecule has 1 aliphatic rings. The molecule has 3 aromatic rings. The summed E-state index contributed by atoms with van der Waals surface area (Å²) in [5.41, 5.74) is 1.34. The van der Waals surface area contributed by atoms with E-state index in [1.807, 2.05) is 4.90 Å². The average molecular weight is 532 g/mol. The van der Waals surface area contributed by atoms with Gasteiger partial charge in [-0.25, -0.2) is 18.4 Å². The van der Waals surface area contributed by atoms with Gasteiger partial charge in [-0.1, -0.05) is 0 Å². The summed E-state index contributed by atoms with van der Waals surface area (Å²) in [7, 11) is -2.50. The number of alkyl halides is 2. The van der Waals surface area contributed by atoms with Gasteiger partial charge in [0.2, 0.25) is 10.0 Å². The molecule has 1 unspecified atom stereocenters. The first kappa shape index (κ1) is 22.2. The predicted octanol–water partition coefficient (Wildman–Crippen LogP) is 3.10. The normalized spacial score (nSPS) is 15.9. The van der Waals surface area contributed by atoms with Crippen LogP contribution in [0.3, 0.4) is 0 Å². The van der Waals surface area contributed by atoms with Crippen molar-refractivity contribution in [2.75, 3.05) is 31.1 Å². The SMILES string of the molecule is O=S(=O)(c1ccc(OC(F)(F)P)cc1)N1CCN(c2cnc3cncc(Br)c3n2)CC1. The fraction of sp³-hybridized carbons (Fsp3) is 0.278. The van der Waals surface area contributed by atoms with Crippen LogP contribution < -0.4 is 9.64 Å². The van der Waals surface area contributed by atoms with E-state index in [4.69, 9.17) is 0 Å². The summed E-state index contributed by atoms with van der Waals surface area (Å²) in [6.45, 7) is 1.37. The fourth-order valence-corrected chi connectivity index (χ4v) is 5.16. The standard InChI is InChI=1S/C18H17BrF2N5O3PS/c19-14-9-22-10-15-17(14)24-16(11-23-15)25-5-7-26(8-6-25)31(27,28)13-3-1-12(2-4-13)29-18(20,21)30/h1-4,9-11H,5-8,30H2. The quantitative estimate of drug-likeness (QED) is 0.467. The molecule has 0 aliphatic carbocycles. The Morgan fingerprint density at radius 3 is 2.39 bits per heavy atom. The second kappa shape index (κ2) is 8.50. The summed E-state index contributed by atoms with van der Waals surface area (Å²) >= 11 is 3.41. The van der Waals surface area contributed by atoms with Crippen LogP contribution in [0.15, 0.2) is 52.2 Å². The van der Waals surface area contributed by atoms with Crippen LogP contribution in [0.5, 0.6) is 5.75 Å². The number of aromatic nitrogens is 3. The summed E-state index contributed by atoms with van der Waals surface area (Å²) in [6.07, 6.45) is 4.90. The van der Waals surface area contributed by atoms with Crippen molar-refractivity contribution in [1.82, 2.24) is 19.3 Å². The summed E-state index contributed by atoms with van der Waals surface area (Å²) < 4.78 is 58.2. The number of halogens is 3. The third-order valence-corrected chi connectivity index (χ3v) is 7.29. The largest absolute Gasteiger partial charge is 0.430 e. The lowest BCUT2D eigenvalue weighted by Gasteiger charge is -2.34. The van der Waals surface area contributed by atoms with Gasteiger partial charge in [-0.15, -0.1) is 0 Å². The van der Waals surface area contributed by atoms with Crippen molar-refractivity contribution in [3.8, 4) is 5.75 Å². The molecule has 1 atom stereocenters. The van der Waals surface area contributed by atoms with Crippen molar-refractivity contribution < 1.29 is 21.9 Å². The Hall–Kier alpha value is -2.01. The Kier molecular flexibility index (Phi) is 6.08. The van der Waals surface area contributed by atoms with E-state index in [1.165, 1.54) is 37.8 Å². The van der Waals surface area contributed by atoms with Crippen LogP contribution in [0.4, 0.5) is 14.6 Å². The Labute approximate surface area is 188 Å². The monoisotopic (exact) mass is 531 g/mol. The Morgan fingerprint density at radius 2 is 1.74 bits per heavy atom. The molecule has 4 rings (SSSR count). The van der Waals surface area contributed by atoms with Gasteiger partial charge in [-0.05, 0) is 49.4 Å². The molecule has 2 aromatic heterocycles. The van der Waals surface area contributed by atoms with E-state index >= 15 is 0 Å². The van der Waals surface area contributed by atoms with Crippen LogP contribution >= 0.6 is 25.2 Å². The summed E-state index contributed by atoms with van der Waals surface area (Å²) in [5.74, 6) is -2.90. The molecular weight excluding hydrogens is 515 g/mol. The molecule has 1 fully saturated rings.